The lowest BCUT2D eigenvalue weighted by molar-refractivity contribution is -0.139. The van der Waals surface area contributed by atoms with Crippen LogP contribution in [0.3, 0.4) is 0 Å². The van der Waals surface area contributed by atoms with E-state index >= 15 is 0 Å². The highest BCUT2D eigenvalue weighted by molar-refractivity contribution is 5.94. The number of carbonyl (C=O) groups excluding carboxylic acids is 1. The summed E-state index contributed by atoms with van der Waals surface area (Å²) in [5, 5.41) is 28.1. The average molecular weight is 491 g/mol. The number of carboxylic acids is 1. The first-order valence-electron chi connectivity index (χ1n) is 10.5. The smallest absolute Gasteiger partial charge is 0.341 e. The van der Waals surface area contributed by atoms with Crippen molar-refractivity contribution >= 4 is 29.6 Å². The summed E-state index contributed by atoms with van der Waals surface area (Å²) in [7, 11) is 1.84. The third kappa shape index (κ3) is 5.44. The molecule has 0 aliphatic carbocycles. The third-order valence-electron chi connectivity index (χ3n) is 4.90. The Kier molecular flexibility index (Phi) is 7.14. The molecule has 0 bridgehead atoms. The van der Waals surface area contributed by atoms with Gasteiger partial charge < -0.3 is 20.5 Å². The Morgan fingerprint density at radius 1 is 1.19 bits per heavy atom. The van der Waals surface area contributed by atoms with E-state index in [1.165, 1.54) is 10.9 Å². The van der Waals surface area contributed by atoms with Gasteiger partial charge in [-0.15, -0.1) is 5.10 Å². The summed E-state index contributed by atoms with van der Waals surface area (Å²) < 4.78 is 11.2. The molecular weight excluding hydrogens is 470 g/mol. The number of benzene rings is 2. The Balaban J connectivity index is 1.57. The second-order valence-corrected chi connectivity index (χ2v) is 7.38. The second-order valence-electron chi connectivity index (χ2n) is 7.38. The number of carbonyl (C=O) groups is 2. The topological polar surface area (TPSA) is 187 Å². The number of para-hydroxylation sites is 2. The first-order valence-corrected chi connectivity index (χ1v) is 10.5. The van der Waals surface area contributed by atoms with E-state index in [2.05, 4.69) is 35.8 Å². The van der Waals surface area contributed by atoms with Crippen molar-refractivity contribution in [2.75, 3.05) is 24.3 Å². The van der Waals surface area contributed by atoms with Crippen molar-refractivity contribution in [3.8, 4) is 11.6 Å². The van der Waals surface area contributed by atoms with E-state index in [-0.39, 0.29) is 23.9 Å². The predicted octanol–water partition coefficient (Wildman–Crippen LogP) is 1.10. The normalized spacial score (nSPS) is 10.9. The highest BCUT2D eigenvalue weighted by atomic mass is 16.6. The molecule has 1 amide bonds. The van der Waals surface area contributed by atoms with Gasteiger partial charge in [-0.1, -0.05) is 35.5 Å². The van der Waals surface area contributed by atoms with Crippen molar-refractivity contribution < 1.29 is 24.1 Å². The molecule has 2 aromatic carbocycles. The molecule has 0 radical (unpaired) electrons. The third-order valence-corrected chi connectivity index (χ3v) is 4.90. The lowest BCUT2D eigenvalue weighted by atomic mass is 10.2. The number of hydrogen-bond acceptors (Lipinski definition) is 11. The van der Waals surface area contributed by atoms with Crippen molar-refractivity contribution in [2.24, 2.45) is 5.10 Å². The Morgan fingerprint density at radius 2 is 1.94 bits per heavy atom. The Labute approximate surface area is 203 Å². The molecule has 184 valence electrons. The maximum absolute atomic E-state index is 13.0. The van der Waals surface area contributed by atoms with Gasteiger partial charge in [-0.2, -0.15) is 9.78 Å². The SMILES string of the molecule is CN(Cc1c(C(=O)NN=Cc2ccccc2OCC(=O)O)nnn1-c1nonc1N)c1ccccc1. The molecule has 14 nitrogen and oxygen atoms in total. The molecule has 36 heavy (non-hydrogen) atoms. The fourth-order valence-electron chi connectivity index (χ4n) is 3.20. The number of ether oxygens (including phenoxy) is 1. The molecule has 0 spiro atoms. The molecule has 4 aromatic rings. The van der Waals surface area contributed by atoms with Crippen molar-refractivity contribution in [1.29, 1.82) is 0 Å². The lowest BCUT2D eigenvalue weighted by Crippen LogP contribution is -2.24. The van der Waals surface area contributed by atoms with Crippen molar-refractivity contribution in [3.05, 3.63) is 71.5 Å². The summed E-state index contributed by atoms with van der Waals surface area (Å²) in [4.78, 5) is 25.7. The minimum absolute atomic E-state index is 0.0206. The molecule has 4 N–H and O–H groups in total. The molecule has 0 atom stereocenters. The van der Waals surface area contributed by atoms with Gasteiger partial charge in [0.1, 0.15) is 5.75 Å². The number of carboxylic acid groups (broad SMARTS) is 1. The lowest BCUT2D eigenvalue weighted by Gasteiger charge is -2.19. The van der Waals surface area contributed by atoms with Crippen LogP contribution in [0.4, 0.5) is 11.5 Å². The summed E-state index contributed by atoms with van der Waals surface area (Å²) in [5.74, 6) is -1.40. The maximum atomic E-state index is 13.0. The number of nitrogen functional groups attached to an aromatic ring is 1. The number of hydrogen-bond donors (Lipinski definition) is 3. The van der Waals surface area contributed by atoms with E-state index in [4.69, 9.17) is 15.6 Å². The van der Waals surface area contributed by atoms with Gasteiger partial charge in [0.2, 0.25) is 11.6 Å². The van der Waals surface area contributed by atoms with E-state index in [1.807, 2.05) is 42.3 Å². The van der Waals surface area contributed by atoms with Gasteiger partial charge in [-0.25, -0.2) is 14.8 Å². The van der Waals surface area contributed by atoms with Crippen molar-refractivity contribution in [1.82, 2.24) is 30.7 Å². The standard InChI is InChI=1S/C22H21N9O5/c1-30(15-8-3-2-4-9-15)12-16-19(25-29-31(16)21-20(23)27-36-28-21)22(34)26-24-11-14-7-5-6-10-17(14)35-13-18(32)33/h2-11H,12-13H2,1H3,(H2,23,27)(H,26,34)(H,32,33). The number of nitrogens with one attached hydrogen (secondary N) is 1. The highest BCUT2D eigenvalue weighted by Gasteiger charge is 2.25. The molecule has 0 unspecified atom stereocenters. The molecule has 0 fully saturated rings. The number of rotatable bonds is 10. The van der Waals surface area contributed by atoms with Crippen LogP contribution in [-0.2, 0) is 11.3 Å². The zero-order valence-electron chi connectivity index (χ0n) is 19.0. The maximum Gasteiger partial charge on any atom is 0.341 e. The Morgan fingerprint density at radius 3 is 2.67 bits per heavy atom. The highest BCUT2D eigenvalue weighted by Crippen LogP contribution is 2.20. The first-order chi connectivity index (χ1) is 17.4. The van der Waals surface area contributed by atoms with Gasteiger partial charge in [0.25, 0.3) is 5.91 Å². The van der Waals surface area contributed by atoms with Crippen LogP contribution < -0.4 is 20.8 Å². The van der Waals surface area contributed by atoms with Gasteiger partial charge in [0.05, 0.1) is 18.5 Å². The van der Waals surface area contributed by atoms with Crippen LogP contribution in [0.25, 0.3) is 5.82 Å². The van der Waals surface area contributed by atoms with Crippen LogP contribution in [0.2, 0.25) is 0 Å². The van der Waals surface area contributed by atoms with Gasteiger partial charge in [0.15, 0.2) is 12.3 Å². The number of anilines is 2. The fraction of sp³-hybridized carbons (Fsp3) is 0.136. The van der Waals surface area contributed by atoms with Crippen molar-refractivity contribution in [2.45, 2.75) is 6.54 Å². The number of hydrazone groups is 1. The number of nitrogens with zero attached hydrogens (tertiary/aromatic N) is 7. The minimum atomic E-state index is -1.12. The van der Waals surface area contributed by atoms with Crippen LogP contribution in [0.15, 0.2) is 64.3 Å². The van der Waals surface area contributed by atoms with Crippen LogP contribution in [0, 0.1) is 0 Å². The van der Waals surface area contributed by atoms with Gasteiger partial charge >= 0.3 is 5.97 Å². The molecule has 0 aliphatic heterocycles. The Bertz CT molecular complexity index is 1380. The fourth-order valence-corrected chi connectivity index (χ4v) is 3.20. The number of amides is 1. The molecule has 2 heterocycles. The molecule has 0 aliphatic rings. The molecule has 14 heteroatoms. The van der Waals surface area contributed by atoms with E-state index in [0.717, 1.165) is 5.69 Å². The Hall–Kier alpha value is -5.27. The molecular formula is C22H21N9O5. The van der Waals surface area contributed by atoms with Gasteiger partial charge in [-0.3, -0.25) is 4.79 Å². The molecule has 4 rings (SSSR count). The summed E-state index contributed by atoms with van der Waals surface area (Å²) in [6.45, 7) is -0.305. The van der Waals surface area contributed by atoms with E-state index in [9.17, 15) is 9.59 Å². The van der Waals surface area contributed by atoms with Crippen molar-refractivity contribution in [3.63, 3.8) is 0 Å². The molecule has 0 saturated heterocycles. The molecule has 2 aromatic heterocycles. The summed E-state index contributed by atoms with van der Waals surface area (Å²) in [6.07, 6.45) is 1.33. The van der Waals surface area contributed by atoms with Crippen LogP contribution in [0.1, 0.15) is 21.7 Å². The van der Waals surface area contributed by atoms with E-state index < -0.39 is 18.5 Å². The summed E-state index contributed by atoms with van der Waals surface area (Å²) in [6, 6.07) is 16.1. The van der Waals surface area contributed by atoms with Crippen LogP contribution in [0.5, 0.6) is 5.75 Å². The zero-order valence-corrected chi connectivity index (χ0v) is 19.0. The average Bonchev–Trinajstić information content (AvgIpc) is 3.49. The predicted molar refractivity (Wildman–Crippen MR) is 127 cm³/mol. The monoisotopic (exact) mass is 491 g/mol. The zero-order chi connectivity index (χ0) is 25.5. The second kappa shape index (κ2) is 10.8. The summed E-state index contributed by atoms with van der Waals surface area (Å²) in [5.41, 5.74) is 9.92. The van der Waals surface area contributed by atoms with Gasteiger partial charge in [0, 0.05) is 18.3 Å². The number of aliphatic carboxylic acids is 1. The summed E-state index contributed by atoms with van der Waals surface area (Å²) >= 11 is 0. The number of aromatic nitrogens is 5. The minimum Gasteiger partial charge on any atom is -0.481 e. The molecule has 0 saturated carbocycles. The van der Waals surface area contributed by atoms with Crippen LogP contribution in [-0.4, -0.2) is 62.2 Å². The largest absolute Gasteiger partial charge is 0.481 e. The van der Waals surface area contributed by atoms with Gasteiger partial charge in [-0.05, 0) is 34.6 Å². The number of nitrogens with two attached hydrogens (primary N) is 1. The quantitative estimate of drug-likeness (QED) is 0.213. The first kappa shape index (κ1) is 23.9. The van der Waals surface area contributed by atoms with Crippen LogP contribution >= 0.6 is 0 Å². The van der Waals surface area contributed by atoms with E-state index in [1.54, 1.807) is 24.3 Å². The van der Waals surface area contributed by atoms with E-state index in [0.29, 0.717) is 17.0 Å².